The lowest BCUT2D eigenvalue weighted by molar-refractivity contribution is 0.316. The van der Waals surface area contributed by atoms with Crippen LogP contribution in [0.4, 0.5) is 0 Å². The van der Waals surface area contributed by atoms with Gasteiger partial charge >= 0.3 is 0 Å². The topological polar surface area (TPSA) is 38.5 Å². The minimum Gasteiger partial charge on any atom is -0.496 e. The van der Waals surface area contributed by atoms with Crippen molar-refractivity contribution in [3.63, 3.8) is 0 Å². The number of rotatable bonds is 5. The van der Waals surface area contributed by atoms with Crippen molar-refractivity contribution in [1.82, 2.24) is 4.90 Å². The van der Waals surface area contributed by atoms with Crippen molar-refractivity contribution in [2.45, 2.75) is 19.4 Å². The molecule has 2 aromatic rings. The summed E-state index contributed by atoms with van der Waals surface area (Å²) in [5.74, 6) is 2.04. The van der Waals surface area contributed by atoms with Gasteiger partial charge in [0.05, 0.1) is 7.11 Å². The fourth-order valence-corrected chi connectivity index (χ4v) is 3.63. The third-order valence-electron chi connectivity index (χ3n) is 4.93. The summed E-state index contributed by atoms with van der Waals surface area (Å²) in [6, 6.07) is 17.3. The van der Waals surface area contributed by atoms with Gasteiger partial charge in [0.25, 0.3) is 0 Å². The van der Waals surface area contributed by atoms with E-state index < -0.39 is 0 Å². The van der Waals surface area contributed by atoms with Gasteiger partial charge in [0.2, 0.25) is 0 Å². The van der Waals surface area contributed by atoms with Crippen LogP contribution in [0.3, 0.4) is 0 Å². The van der Waals surface area contributed by atoms with Gasteiger partial charge in [0.1, 0.15) is 5.75 Å². The molecule has 0 aromatic heterocycles. The molecule has 0 saturated carbocycles. The second-order valence-electron chi connectivity index (χ2n) is 6.51. The van der Waals surface area contributed by atoms with E-state index in [1.807, 2.05) is 0 Å². The van der Waals surface area contributed by atoms with Crippen molar-refractivity contribution < 1.29 is 4.74 Å². The molecule has 0 aliphatic carbocycles. The van der Waals surface area contributed by atoms with Crippen LogP contribution in [0.15, 0.2) is 48.5 Å². The van der Waals surface area contributed by atoms with E-state index in [0.29, 0.717) is 11.8 Å². The summed E-state index contributed by atoms with van der Waals surface area (Å²) in [7, 11) is 1.73. The van der Waals surface area contributed by atoms with E-state index in [0.717, 1.165) is 31.9 Å². The van der Waals surface area contributed by atoms with E-state index in [1.165, 1.54) is 16.7 Å². The second-order valence-corrected chi connectivity index (χ2v) is 6.51. The molecule has 0 bridgehead atoms. The Bertz CT molecular complexity index is 647. The first-order chi connectivity index (χ1) is 11.2. The SMILES string of the molecule is COc1cc(CN2C[C@@H](CN)[C@H](c3ccccc3)C2)ccc1C.Cl. The molecule has 2 N–H and O–H groups in total. The van der Waals surface area contributed by atoms with Crippen molar-refractivity contribution >= 4 is 12.4 Å². The largest absolute Gasteiger partial charge is 0.496 e. The molecule has 1 fully saturated rings. The highest BCUT2D eigenvalue weighted by atomic mass is 35.5. The molecule has 2 atom stereocenters. The second kappa shape index (κ2) is 8.52. The average molecular weight is 347 g/mol. The lowest BCUT2D eigenvalue weighted by Crippen LogP contribution is -2.23. The smallest absolute Gasteiger partial charge is 0.122 e. The first kappa shape index (κ1) is 18.8. The van der Waals surface area contributed by atoms with Crippen molar-refractivity contribution in [3.05, 3.63) is 65.2 Å². The van der Waals surface area contributed by atoms with Gasteiger partial charge in [-0.05, 0) is 42.1 Å². The Labute approximate surface area is 151 Å². The Hall–Kier alpha value is -1.55. The third-order valence-corrected chi connectivity index (χ3v) is 4.93. The molecule has 0 spiro atoms. The number of benzene rings is 2. The maximum Gasteiger partial charge on any atom is 0.122 e. The van der Waals surface area contributed by atoms with E-state index in [1.54, 1.807) is 7.11 Å². The normalized spacial score (nSPS) is 20.6. The quantitative estimate of drug-likeness (QED) is 0.899. The summed E-state index contributed by atoms with van der Waals surface area (Å²) < 4.78 is 5.44. The highest BCUT2D eigenvalue weighted by molar-refractivity contribution is 5.85. The molecule has 1 saturated heterocycles. The van der Waals surface area contributed by atoms with Crippen LogP contribution >= 0.6 is 12.4 Å². The molecule has 1 heterocycles. The fourth-order valence-electron chi connectivity index (χ4n) is 3.63. The molecule has 3 rings (SSSR count). The van der Waals surface area contributed by atoms with Crippen molar-refractivity contribution in [2.75, 3.05) is 26.7 Å². The predicted octanol–water partition coefficient (Wildman–Crippen LogP) is 3.60. The number of hydrogen-bond donors (Lipinski definition) is 1. The Morgan fingerprint density at radius 1 is 1.12 bits per heavy atom. The molecule has 0 amide bonds. The number of nitrogens with two attached hydrogens (primary N) is 1. The number of aryl methyl sites for hydroxylation is 1. The molecule has 1 aliphatic rings. The van der Waals surface area contributed by atoms with Crippen LogP contribution in [0.1, 0.15) is 22.6 Å². The first-order valence-electron chi connectivity index (χ1n) is 8.32. The van der Waals surface area contributed by atoms with Gasteiger partial charge in [-0.3, -0.25) is 4.90 Å². The van der Waals surface area contributed by atoms with Gasteiger partial charge in [0, 0.05) is 25.6 Å². The molecule has 24 heavy (non-hydrogen) atoms. The van der Waals surface area contributed by atoms with Gasteiger partial charge in [0.15, 0.2) is 0 Å². The summed E-state index contributed by atoms with van der Waals surface area (Å²) in [6.45, 7) is 5.91. The van der Waals surface area contributed by atoms with Gasteiger partial charge in [-0.15, -0.1) is 12.4 Å². The predicted molar refractivity (Wildman–Crippen MR) is 102 cm³/mol. The van der Waals surface area contributed by atoms with Gasteiger partial charge in [-0.1, -0.05) is 42.5 Å². The van der Waals surface area contributed by atoms with Crippen LogP contribution < -0.4 is 10.5 Å². The summed E-state index contributed by atoms with van der Waals surface area (Å²) in [4.78, 5) is 2.51. The van der Waals surface area contributed by atoms with Crippen molar-refractivity contribution in [1.29, 1.82) is 0 Å². The summed E-state index contributed by atoms with van der Waals surface area (Å²) in [6.07, 6.45) is 0. The van der Waals surface area contributed by atoms with Crippen LogP contribution in [0.5, 0.6) is 5.75 Å². The lowest BCUT2D eigenvalue weighted by Gasteiger charge is -2.17. The fraction of sp³-hybridized carbons (Fsp3) is 0.400. The molecule has 0 radical (unpaired) electrons. The minimum absolute atomic E-state index is 0. The monoisotopic (exact) mass is 346 g/mol. The first-order valence-corrected chi connectivity index (χ1v) is 8.32. The molecular formula is C20H27ClN2O. The Morgan fingerprint density at radius 3 is 2.54 bits per heavy atom. The lowest BCUT2D eigenvalue weighted by atomic mass is 9.89. The molecule has 130 valence electrons. The standard InChI is InChI=1S/C20H26N2O.ClH/c1-15-8-9-16(10-20(15)23-2)12-22-13-18(11-21)19(14-22)17-6-4-3-5-7-17;/h3-10,18-19H,11-14,21H2,1-2H3;1H/t18-,19+;/m1./s1. The summed E-state index contributed by atoms with van der Waals surface area (Å²) in [5.41, 5.74) is 9.93. The van der Waals surface area contributed by atoms with E-state index in [9.17, 15) is 0 Å². The van der Waals surface area contributed by atoms with Crippen molar-refractivity contribution in [3.8, 4) is 5.75 Å². The number of halogens is 1. The maximum absolute atomic E-state index is 6.04. The van der Waals surface area contributed by atoms with E-state index in [2.05, 4.69) is 60.4 Å². The Morgan fingerprint density at radius 2 is 1.88 bits per heavy atom. The zero-order valence-corrected chi connectivity index (χ0v) is 15.3. The number of hydrogen-bond acceptors (Lipinski definition) is 3. The van der Waals surface area contributed by atoms with E-state index in [4.69, 9.17) is 10.5 Å². The van der Waals surface area contributed by atoms with Crippen LogP contribution in [0.25, 0.3) is 0 Å². The van der Waals surface area contributed by atoms with Crippen LogP contribution in [-0.4, -0.2) is 31.6 Å². The zero-order chi connectivity index (χ0) is 16.2. The van der Waals surface area contributed by atoms with Gasteiger partial charge < -0.3 is 10.5 Å². The number of ether oxygens (including phenoxy) is 1. The van der Waals surface area contributed by atoms with E-state index in [-0.39, 0.29) is 12.4 Å². The van der Waals surface area contributed by atoms with Gasteiger partial charge in [-0.2, -0.15) is 0 Å². The maximum atomic E-state index is 6.04. The summed E-state index contributed by atoms with van der Waals surface area (Å²) in [5, 5.41) is 0. The van der Waals surface area contributed by atoms with Crippen LogP contribution in [-0.2, 0) is 6.54 Å². The minimum atomic E-state index is 0. The average Bonchev–Trinajstić information content (AvgIpc) is 3.00. The number of likely N-dealkylation sites (tertiary alicyclic amines) is 1. The molecule has 2 aromatic carbocycles. The van der Waals surface area contributed by atoms with Crippen LogP contribution in [0, 0.1) is 12.8 Å². The highest BCUT2D eigenvalue weighted by Gasteiger charge is 2.32. The third kappa shape index (κ3) is 4.10. The Kier molecular flexibility index (Phi) is 6.67. The van der Waals surface area contributed by atoms with Crippen molar-refractivity contribution in [2.24, 2.45) is 11.7 Å². The number of nitrogens with zero attached hydrogens (tertiary/aromatic N) is 1. The summed E-state index contributed by atoms with van der Waals surface area (Å²) >= 11 is 0. The highest BCUT2D eigenvalue weighted by Crippen LogP contribution is 2.33. The van der Waals surface area contributed by atoms with E-state index >= 15 is 0 Å². The molecule has 0 unspecified atom stereocenters. The molecule has 4 heteroatoms. The van der Waals surface area contributed by atoms with Gasteiger partial charge in [-0.25, -0.2) is 0 Å². The zero-order valence-electron chi connectivity index (χ0n) is 14.4. The molecule has 3 nitrogen and oxygen atoms in total. The Balaban J connectivity index is 0.00000208. The van der Waals surface area contributed by atoms with Crippen LogP contribution in [0.2, 0.25) is 0 Å². The molecule has 1 aliphatic heterocycles. The number of methoxy groups -OCH3 is 1. The molecular weight excluding hydrogens is 320 g/mol.